The summed E-state index contributed by atoms with van der Waals surface area (Å²) in [6.45, 7) is 2.30. The third-order valence-electron chi connectivity index (χ3n) is 6.14. The number of carbonyl (C=O) groups excluding carboxylic acids is 3. The van der Waals surface area contributed by atoms with Gasteiger partial charge in [-0.1, -0.05) is 54.6 Å². The molecule has 4 aromatic rings. The van der Waals surface area contributed by atoms with Crippen molar-refractivity contribution in [1.29, 1.82) is 0 Å². The molecule has 1 heterocycles. The number of aryl methyl sites for hydroxylation is 1. The zero-order chi connectivity index (χ0) is 27.4. The number of ether oxygens (including phenoxy) is 3. The molecule has 0 spiro atoms. The number of esters is 1. The molecular formula is C31H25NO6S. The van der Waals surface area contributed by atoms with Gasteiger partial charge in [0.05, 0.1) is 24.1 Å². The van der Waals surface area contributed by atoms with Gasteiger partial charge in [-0.15, -0.1) is 0 Å². The molecule has 2 amide bonds. The van der Waals surface area contributed by atoms with E-state index in [9.17, 15) is 14.4 Å². The normalized spacial score (nSPS) is 14.2. The van der Waals surface area contributed by atoms with E-state index in [2.05, 4.69) is 0 Å². The highest BCUT2D eigenvalue weighted by Crippen LogP contribution is 2.35. The summed E-state index contributed by atoms with van der Waals surface area (Å²) in [5, 5.41) is 1.37. The summed E-state index contributed by atoms with van der Waals surface area (Å²) in [7, 11) is 1.47. The molecule has 0 unspecified atom stereocenters. The minimum atomic E-state index is -0.508. The molecule has 0 N–H and O–H groups in total. The summed E-state index contributed by atoms with van der Waals surface area (Å²) < 4.78 is 16.8. The van der Waals surface area contributed by atoms with Gasteiger partial charge in [-0.25, -0.2) is 4.79 Å². The van der Waals surface area contributed by atoms with E-state index >= 15 is 0 Å². The third kappa shape index (κ3) is 5.81. The Labute approximate surface area is 230 Å². The minimum Gasteiger partial charge on any atom is -0.493 e. The summed E-state index contributed by atoms with van der Waals surface area (Å²) in [5.41, 5.74) is 2.13. The van der Waals surface area contributed by atoms with E-state index in [0.29, 0.717) is 22.6 Å². The van der Waals surface area contributed by atoms with Gasteiger partial charge in [0.2, 0.25) is 0 Å². The highest BCUT2D eigenvalue weighted by Gasteiger charge is 2.34. The number of hydrogen-bond acceptors (Lipinski definition) is 7. The average Bonchev–Trinajstić information content (AvgIpc) is 3.20. The number of nitrogens with zero attached hydrogens (tertiary/aromatic N) is 1. The average molecular weight is 540 g/mol. The van der Waals surface area contributed by atoms with Gasteiger partial charge in [-0.3, -0.25) is 14.5 Å². The second-order valence-electron chi connectivity index (χ2n) is 8.82. The first-order valence-electron chi connectivity index (χ1n) is 12.3. The Morgan fingerprint density at radius 3 is 2.54 bits per heavy atom. The Balaban J connectivity index is 1.28. The van der Waals surface area contributed by atoms with Gasteiger partial charge in [0.15, 0.2) is 11.5 Å². The van der Waals surface area contributed by atoms with Crippen LogP contribution >= 0.6 is 11.8 Å². The molecule has 0 aliphatic carbocycles. The number of carbonyl (C=O) groups is 3. The van der Waals surface area contributed by atoms with Crippen LogP contribution in [0.5, 0.6) is 17.2 Å². The van der Waals surface area contributed by atoms with Crippen molar-refractivity contribution in [2.75, 3.05) is 20.3 Å². The Morgan fingerprint density at radius 1 is 0.923 bits per heavy atom. The van der Waals surface area contributed by atoms with Crippen molar-refractivity contribution in [3.05, 3.63) is 107 Å². The summed E-state index contributed by atoms with van der Waals surface area (Å²) in [4.78, 5) is 39.8. The number of fused-ring (bicyclic) bond motifs is 1. The van der Waals surface area contributed by atoms with Crippen LogP contribution in [0.2, 0.25) is 0 Å². The van der Waals surface area contributed by atoms with Crippen molar-refractivity contribution in [3.8, 4) is 17.2 Å². The maximum absolute atomic E-state index is 13.0. The van der Waals surface area contributed by atoms with E-state index in [1.807, 2.05) is 61.5 Å². The fourth-order valence-corrected chi connectivity index (χ4v) is 5.09. The standard InChI is InChI=1S/C31H25NO6S/c1-20-7-5-10-23(17-20)37-16-15-32-29(33)28(39-31(32)35)19-21-13-14-26(27(18-21)36-2)38-30(34)25-12-6-9-22-8-3-4-11-24(22)25/h3-14,17-19H,15-16H2,1-2H3/b28-19-. The summed E-state index contributed by atoms with van der Waals surface area (Å²) in [5.74, 6) is 0.359. The molecule has 0 bridgehead atoms. The molecule has 0 atom stereocenters. The van der Waals surface area contributed by atoms with Crippen molar-refractivity contribution in [3.63, 3.8) is 0 Å². The zero-order valence-corrected chi connectivity index (χ0v) is 22.2. The van der Waals surface area contributed by atoms with Crippen LogP contribution in [0, 0.1) is 6.92 Å². The van der Waals surface area contributed by atoms with E-state index in [4.69, 9.17) is 14.2 Å². The Bertz CT molecular complexity index is 1610. The Hall–Kier alpha value is -4.56. The Morgan fingerprint density at radius 2 is 1.72 bits per heavy atom. The zero-order valence-electron chi connectivity index (χ0n) is 21.4. The fourth-order valence-electron chi connectivity index (χ4n) is 4.22. The molecule has 39 heavy (non-hydrogen) atoms. The molecule has 5 rings (SSSR count). The monoisotopic (exact) mass is 539 g/mol. The van der Waals surface area contributed by atoms with Crippen molar-refractivity contribution in [2.24, 2.45) is 0 Å². The first-order chi connectivity index (χ1) is 18.9. The largest absolute Gasteiger partial charge is 0.493 e. The van der Waals surface area contributed by atoms with Crippen LogP contribution in [0.15, 0.2) is 89.8 Å². The SMILES string of the molecule is COc1cc(/C=C2\SC(=O)N(CCOc3cccc(C)c3)C2=O)ccc1OC(=O)c1cccc2ccccc12. The quantitative estimate of drug-likeness (QED) is 0.144. The van der Waals surface area contributed by atoms with Crippen LogP contribution < -0.4 is 14.2 Å². The first-order valence-corrected chi connectivity index (χ1v) is 13.1. The number of methoxy groups -OCH3 is 1. The predicted octanol–water partition coefficient (Wildman–Crippen LogP) is 6.49. The van der Waals surface area contributed by atoms with Gasteiger partial charge < -0.3 is 14.2 Å². The topological polar surface area (TPSA) is 82.1 Å². The van der Waals surface area contributed by atoms with Gasteiger partial charge in [-0.2, -0.15) is 0 Å². The number of hydrogen-bond donors (Lipinski definition) is 0. The van der Waals surface area contributed by atoms with Gasteiger partial charge in [0, 0.05) is 0 Å². The molecule has 0 aromatic heterocycles. The van der Waals surface area contributed by atoms with E-state index < -0.39 is 5.97 Å². The third-order valence-corrected chi connectivity index (χ3v) is 7.05. The van der Waals surface area contributed by atoms with E-state index in [1.165, 1.54) is 12.0 Å². The van der Waals surface area contributed by atoms with Crippen LogP contribution in [0.25, 0.3) is 16.8 Å². The molecule has 0 radical (unpaired) electrons. The lowest BCUT2D eigenvalue weighted by atomic mass is 10.0. The molecular weight excluding hydrogens is 514 g/mol. The molecule has 1 aliphatic rings. The first kappa shape index (κ1) is 26.1. The lowest BCUT2D eigenvalue weighted by Gasteiger charge is -2.13. The van der Waals surface area contributed by atoms with E-state index in [1.54, 1.807) is 36.4 Å². The number of benzene rings is 4. The van der Waals surface area contributed by atoms with Gasteiger partial charge in [0.25, 0.3) is 11.1 Å². The highest BCUT2D eigenvalue weighted by atomic mass is 32.2. The molecule has 196 valence electrons. The van der Waals surface area contributed by atoms with Crippen LogP contribution in [0.3, 0.4) is 0 Å². The predicted molar refractivity (Wildman–Crippen MR) is 151 cm³/mol. The fraction of sp³-hybridized carbons (Fsp3) is 0.129. The van der Waals surface area contributed by atoms with Crippen molar-refractivity contribution in [2.45, 2.75) is 6.92 Å². The van der Waals surface area contributed by atoms with Gasteiger partial charge in [0.1, 0.15) is 12.4 Å². The van der Waals surface area contributed by atoms with E-state index in [0.717, 1.165) is 28.1 Å². The molecule has 1 saturated heterocycles. The maximum atomic E-state index is 13.0. The number of amides is 2. The Kier molecular flexibility index (Phi) is 7.65. The smallest absolute Gasteiger partial charge is 0.344 e. The van der Waals surface area contributed by atoms with Crippen LogP contribution in [0.1, 0.15) is 21.5 Å². The van der Waals surface area contributed by atoms with Gasteiger partial charge >= 0.3 is 5.97 Å². The lowest BCUT2D eigenvalue weighted by Crippen LogP contribution is -2.32. The molecule has 4 aromatic carbocycles. The number of imide groups is 1. The highest BCUT2D eigenvalue weighted by molar-refractivity contribution is 8.18. The molecule has 7 nitrogen and oxygen atoms in total. The van der Waals surface area contributed by atoms with Crippen molar-refractivity contribution in [1.82, 2.24) is 4.90 Å². The van der Waals surface area contributed by atoms with Crippen molar-refractivity contribution < 1.29 is 28.6 Å². The molecule has 0 saturated carbocycles. The lowest BCUT2D eigenvalue weighted by molar-refractivity contribution is -0.123. The maximum Gasteiger partial charge on any atom is 0.344 e. The molecule has 1 fully saturated rings. The number of rotatable bonds is 8. The summed E-state index contributed by atoms with van der Waals surface area (Å²) >= 11 is 0.869. The van der Waals surface area contributed by atoms with E-state index in [-0.39, 0.29) is 35.0 Å². The molecule has 1 aliphatic heterocycles. The number of thioether (sulfide) groups is 1. The van der Waals surface area contributed by atoms with Gasteiger partial charge in [-0.05, 0) is 77.0 Å². The van der Waals surface area contributed by atoms with Crippen molar-refractivity contribution >= 4 is 45.7 Å². The van der Waals surface area contributed by atoms with Crippen LogP contribution in [0.4, 0.5) is 4.79 Å². The van der Waals surface area contributed by atoms with Crippen LogP contribution in [-0.2, 0) is 4.79 Å². The molecule has 8 heteroatoms. The second kappa shape index (κ2) is 11.4. The summed E-state index contributed by atoms with van der Waals surface area (Å²) in [6.07, 6.45) is 1.62. The summed E-state index contributed by atoms with van der Waals surface area (Å²) in [6, 6.07) is 25.6. The van der Waals surface area contributed by atoms with Crippen LogP contribution in [-0.4, -0.2) is 42.3 Å². The minimum absolute atomic E-state index is 0.141. The second-order valence-corrected chi connectivity index (χ2v) is 9.82.